The van der Waals surface area contributed by atoms with Crippen molar-refractivity contribution >= 4 is 28.9 Å². The molecule has 4 rings (SSSR count). The molecule has 0 unspecified atom stereocenters. The summed E-state index contributed by atoms with van der Waals surface area (Å²) in [6.07, 6.45) is 0. The second-order valence-electron chi connectivity index (χ2n) is 9.19. The van der Waals surface area contributed by atoms with Gasteiger partial charge in [0.15, 0.2) is 0 Å². The molecule has 1 saturated heterocycles. The first kappa shape index (κ1) is 25.1. The molecule has 1 heterocycles. The first-order valence-electron chi connectivity index (χ1n) is 12.4. The molecule has 1 aliphatic heterocycles. The van der Waals surface area contributed by atoms with Crippen molar-refractivity contribution in [1.29, 1.82) is 0 Å². The number of ether oxygens (including phenoxy) is 1. The van der Waals surface area contributed by atoms with Crippen LogP contribution in [0.2, 0.25) is 0 Å². The number of nitrogens with zero attached hydrogens (tertiary/aromatic N) is 2. The average molecular weight is 487 g/mol. The van der Waals surface area contributed by atoms with Gasteiger partial charge in [-0.05, 0) is 35.9 Å². The van der Waals surface area contributed by atoms with Crippen molar-refractivity contribution in [3.05, 3.63) is 83.9 Å². The number of hydrogen-bond acceptors (Lipinski definition) is 5. The fourth-order valence-electron chi connectivity index (χ4n) is 4.31. The van der Waals surface area contributed by atoms with Gasteiger partial charge in [0, 0.05) is 50.0 Å². The zero-order valence-electron chi connectivity index (χ0n) is 21.2. The smallest absolute Gasteiger partial charge is 0.253 e. The Labute approximate surface area is 213 Å². The Morgan fingerprint density at radius 2 is 1.50 bits per heavy atom. The zero-order chi connectivity index (χ0) is 25.5. The summed E-state index contributed by atoms with van der Waals surface area (Å²) in [7, 11) is 1.69. The molecule has 0 aliphatic carbocycles. The van der Waals surface area contributed by atoms with E-state index in [1.54, 1.807) is 13.2 Å². The number of para-hydroxylation sites is 2. The van der Waals surface area contributed by atoms with E-state index in [1.165, 1.54) is 0 Å². The Hall–Kier alpha value is -4.00. The number of carbonyl (C=O) groups excluding carboxylic acids is 2. The summed E-state index contributed by atoms with van der Waals surface area (Å²) < 4.78 is 5.54. The molecule has 0 saturated carbocycles. The van der Waals surface area contributed by atoms with E-state index >= 15 is 0 Å². The van der Waals surface area contributed by atoms with Crippen molar-refractivity contribution in [3.8, 4) is 5.75 Å². The molecule has 1 aliphatic rings. The third-order valence-corrected chi connectivity index (χ3v) is 6.38. The first-order chi connectivity index (χ1) is 17.5. The van der Waals surface area contributed by atoms with E-state index in [0.29, 0.717) is 17.8 Å². The van der Waals surface area contributed by atoms with Gasteiger partial charge in [0.1, 0.15) is 5.75 Å². The van der Waals surface area contributed by atoms with Crippen LogP contribution in [0.3, 0.4) is 0 Å². The third-order valence-electron chi connectivity index (χ3n) is 6.38. The minimum absolute atomic E-state index is 0.0798. The lowest BCUT2D eigenvalue weighted by Crippen LogP contribution is -2.47. The summed E-state index contributed by atoms with van der Waals surface area (Å²) in [5, 5.41) is 5.96. The van der Waals surface area contributed by atoms with Crippen LogP contribution in [0.15, 0.2) is 72.8 Å². The standard InChI is InChI=1S/C29H34N4O3/c1-21(2)28(34)31-23-13-14-25(24(19-23)29(35)30-20-22-9-5-4-6-10-22)32-15-17-33(18-16-32)26-11-7-8-12-27(26)36-3/h4-14,19,21H,15-18,20H2,1-3H3,(H,30,35)(H,31,34). The van der Waals surface area contributed by atoms with Crippen LogP contribution in [0.1, 0.15) is 29.8 Å². The third kappa shape index (κ3) is 5.97. The van der Waals surface area contributed by atoms with E-state index in [1.807, 2.05) is 74.5 Å². The molecule has 2 N–H and O–H groups in total. The maximum Gasteiger partial charge on any atom is 0.253 e. The molecule has 1 fully saturated rings. The first-order valence-corrected chi connectivity index (χ1v) is 12.4. The van der Waals surface area contributed by atoms with Crippen LogP contribution in [-0.4, -0.2) is 45.1 Å². The van der Waals surface area contributed by atoms with Crippen LogP contribution in [0, 0.1) is 5.92 Å². The highest BCUT2D eigenvalue weighted by molar-refractivity contribution is 6.02. The zero-order valence-corrected chi connectivity index (χ0v) is 21.2. The van der Waals surface area contributed by atoms with Gasteiger partial charge in [-0.2, -0.15) is 0 Å². The van der Waals surface area contributed by atoms with Crippen molar-refractivity contribution in [2.24, 2.45) is 5.92 Å². The van der Waals surface area contributed by atoms with E-state index in [-0.39, 0.29) is 17.7 Å². The maximum absolute atomic E-state index is 13.3. The fraction of sp³-hybridized carbons (Fsp3) is 0.310. The Morgan fingerprint density at radius 3 is 2.17 bits per heavy atom. The van der Waals surface area contributed by atoms with Crippen molar-refractivity contribution < 1.29 is 14.3 Å². The Balaban J connectivity index is 1.54. The maximum atomic E-state index is 13.3. The second-order valence-corrected chi connectivity index (χ2v) is 9.19. The molecule has 2 amide bonds. The van der Waals surface area contributed by atoms with Crippen molar-refractivity contribution in [3.63, 3.8) is 0 Å². The van der Waals surface area contributed by atoms with Gasteiger partial charge < -0.3 is 25.2 Å². The van der Waals surface area contributed by atoms with E-state index in [9.17, 15) is 9.59 Å². The molecular weight excluding hydrogens is 452 g/mol. The molecule has 36 heavy (non-hydrogen) atoms. The Morgan fingerprint density at radius 1 is 0.861 bits per heavy atom. The topological polar surface area (TPSA) is 73.9 Å². The predicted octanol–water partition coefficient (Wildman–Crippen LogP) is 4.55. The van der Waals surface area contributed by atoms with Crippen LogP contribution >= 0.6 is 0 Å². The van der Waals surface area contributed by atoms with E-state index in [0.717, 1.165) is 48.9 Å². The summed E-state index contributed by atoms with van der Waals surface area (Å²) in [6, 6.07) is 23.5. The van der Waals surface area contributed by atoms with Gasteiger partial charge in [-0.15, -0.1) is 0 Å². The summed E-state index contributed by atoms with van der Waals surface area (Å²) in [5.74, 6) is 0.464. The van der Waals surface area contributed by atoms with Crippen LogP contribution in [0.5, 0.6) is 5.75 Å². The number of anilines is 3. The molecule has 0 aromatic heterocycles. The van der Waals surface area contributed by atoms with Gasteiger partial charge >= 0.3 is 0 Å². The highest BCUT2D eigenvalue weighted by Gasteiger charge is 2.24. The summed E-state index contributed by atoms with van der Waals surface area (Å²) in [5.41, 5.74) is 4.14. The molecule has 3 aromatic rings. The number of amides is 2. The van der Waals surface area contributed by atoms with Gasteiger partial charge in [-0.25, -0.2) is 0 Å². The second kappa shape index (κ2) is 11.6. The highest BCUT2D eigenvalue weighted by atomic mass is 16.5. The largest absolute Gasteiger partial charge is 0.495 e. The number of nitrogens with one attached hydrogen (secondary N) is 2. The van der Waals surface area contributed by atoms with Gasteiger partial charge in [-0.1, -0.05) is 56.3 Å². The van der Waals surface area contributed by atoms with Gasteiger partial charge in [-0.3, -0.25) is 9.59 Å². The Kier molecular flexibility index (Phi) is 8.10. The van der Waals surface area contributed by atoms with Crippen molar-refractivity contribution in [1.82, 2.24) is 5.32 Å². The summed E-state index contributed by atoms with van der Waals surface area (Å²) in [6.45, 7) is 7.25. The van der Waals surface area contributed by atoms with Crippen LogP contribution in [-0.2, 0) is 11.3 Å². The number of benzene rings is 3. The van der Waals surface area contributed by atoms with Gasteiger partial charge in [0.25, 0.3) is 5.91 Å². The van der Waals surface area contributed by atoms with E-state index < -0.39 is 0 Å². The monoisotopic (exact) mass is 486 g/mol. The lowest BCUT2D eigenvalue weighted by atomic mass is 10.1. The lowest BCUT2D eigenvalue weighted by Gasteiger charge is -2.38. The van der Waals surface area contributed by atoms with Crippen molar-refractivity contribution in [2.75, 3.05) is 48.4 Å². The molecule has 188 valence electrons. The fourth-order valence-corrected chi connectivity index (χ4v) is 4.31. The van der Waals surface area contributed by atoms with E-state index in [4.69, 9.17) is 4.74 Å². The van der Waals surface area contributed by atoms with Gasteiger partial charge in [0.05, 0.1) is 18.4 Å². The molecular formula is C29H34N4O3. The molecule has 7 heteroatoms. The quantitative estimate of drug-likeness (QED) is 0.489. The normalized spacial score (nSPS) is 13.4. The number of carbonyl (C=O) groups is 2. The summed E-state index contributed by atoms with van der Waals surface area (Å²) in [4.78, 5) is 30.2. The van der Waals surface area contributed by atoms with Gasteiger partial charge in [0.2, 0.25) is 5.91 Å². The molecule has 0 bridgehead atoms. The lowest BCUT2D eigenvalue weighted by molar-refractivity contribution is -0.118. The summed E-state index contributed by atoms with van der Waals surface area (Å²) >= 11 is 0. The molecule has 7 nitrogen and oxygen atoms in total. The number of rotatable bonds is 8. The minimum atomic E-state index is -0.165. The average Bonchev–Trinajstić information content (AvgIpc) is 2.92. The van der Waals surface area contributed by atoms with Crippen LogP contribution in [0.25, 0.3) is 0 Å². The van der Waals surface area contributed by atoms with E-state index in [2.05, 4.69) is 26.5 Å². The SMILES string of the molecule is COc1ccccc1N1CCN(c2ccc(NC(=O)C(C)C)cc2C(=O)NCc2ccccc2)CC1. The Bertz CT molecular complexity index is 1190. The van der Waals surface area contributed by atoms with Crippen molar-refractivity contribution in [2.45, 2.75) is 20.4 Å². The molecule has 3 aromatic carbocycles. The number of hydrogen-bond donors (Lipinski definition) is 2. The van der Waals surface area contributed by atoms with Crippen LogP contribution in [0.4, 0.5) is 17.1 Å². The predicted molar refractivity (Wildman–Crippen MR) is 145 cm³/mol. The number of piperazine rings is 1. The number of methoxy groups -OCH3 is 1. The minimum Gasteiger partial charge on any atom is -0.495 e. The highest BCUT2D eigenvalue weighted by Crippen LogP contribution is 2.31. The molecule has 0 spiro atoms. The molecule has 0 atom stereocenters. The molecule has 0 radical (unpaired) electrons. The van der Waals surface area contributed by atoms with Crippen LogP contribution < -0.4 is 25.2 Å².